The van der Waals surface area contributed by atoms with Gasteiger partial charge in [-0.1, -0.05) is 13.8 Å². The summed E-state index contributed by atoms with van der Waals surface area (Å²) in [6, 6.07) is -0.417. The van der Waals surface area contributed by atoms with Gasteiger partial charge in [0.1, 0.15) is 11.6 Å². The van der Waals surface area contributed by atoms with Crippen molar-refractivity contribution >= 4 is 12.0 Å². The summed E-state index contributed by atoms with van der Waals surface area (Å²) >= 11 is 0. The normalized spacial score (nSPS) is 25.2. The van der Waals surface area contributed by atoms with Crippen molar-refractivity contribution < 1.29 is 14.3 Å². The molecule has 25 heavy (non-hydrogen) atoms. The Hall–Kier alpha value is -2.05. The Morgan fingerprint density at radius 2 is 1.96 bits per heavy atom. The predicted octanol–water partition coefficient (Wildman–Crippen LogP) is 2.34. The lowest BCUT2D eigenvalue weighted by Gasteiger charge is -2.56. The van der Waals surface area contributed by atoms with E-state index in [0.717, 1.165) is 5.56 Å². The maximum Gasteiger partial charge on any atom is 0.410 e. The first-order valence-electron chi connectivity index (χ1n) is 8.78. The maximum absolute atomic E-state index is 13.0. The minimum atomic E-state index is -0.558. The lowest BCUT2D eigenvalue weighted by Crippen LogP contribution is -2.66. The fourth-order valence-corrected chi connectivity index (χ4v) is 3.72. The standard InChI is InChI=1S/C18H28N4O3/c1-17(2,3)25-16(24)21-8-7-13(21)15(23)22-11-18(4,5)14(22)12-9-19-20(6)10-12/h9-10,13-14H,7-8,11H2,1-6H3/t13-,14-/m1/s1. The van der Waals surface area contributed by atoms with Crippen LogP contribution in [-0.2, 0) is 16.6 Å². The van der Waals surface area contributed by atoms with Crippen molar-refractivity contribution in [3.8, 4) is 0 Å². The first-order valence-corrected chi connectivity index (χ1v) is 8.78. The second kappa shape index (κ2) is 5.75. The molecule has 7 heteroatoms. The number of amides is 2. The molecular formula is C18H28N4O3. The molecule has 0 radical (unpaired) electrons. The van der Waals surface area contributed by atoms with E-state index in [9.17, 15) is 9.59 Å². The van der Waals surface area contributed by atoms with Gasteiger partial charge in [0.05, 0.1) is 12.2 Å². The van der Waals surface area contributed by atoms with Crippen LogP contribution >= 0.6 is 0 Å². The van der Waals surface area contributed by atoms with E-state index in [1.807, 2.05) is 45.1 Å². The van der Waals surface area contributed by atoms with Crippen LogP contribution < -0.4 is 0 Å². The average molecular weight is 348 g/mol. The van der Waals surface area contributed by atoms with Crippen molar-refractivity contribution in [1.29, 1.82) is 0 Å². The quantitative estimate of drug-likeness (QED) is 0.823. The van der Waals surface area contributed by atoms with E-state index in [4.69, 9.17) is 4.74 Å². The second-order valence-electron chi connectivity index (χ2n) is 8.78. The minimum absolute atomic E-state index is 0.000805. The van der Waals surface area contributed by atoms with Gasteiger partial charge in [0, 0.05) is 37.3 Å². The predicted molar refractivity (Wildman–Crippen MR) is 92.8 cm³/mol. The third-order valence-corrected chi connectivity index (χ3v) is 4.89. The Labute approximate surface area is 148 Å². The van der Waals surface area contributed by atoms with E-state index in [0.29, 0.717) is 19.5 Å². The fourth-order valence-electron chi connectivity index (χ4n) is 3.72. The van der Waals surface area contributed by atoms with Gasteiger partial charge in [-0.25, -0.2) is 4.79 Å². The number of hydrogen-bond donors (Lipinski definition) is 0. The number of aryl methyl sites for hydroxylation is 1. The lowest BCUT2D eigenvalue weighted by atomic mass is 9.71. The number of hydrogen-bond acceptors (Lipinski definition) is 4. The van der Waals surface area contributed by atoms with Crippen LogP contribution in [0.5, 0.6) is 0 Å². The van der Waals surface area contributed by atoms with Gasteiger partial charge in [0.2, 0.25) is 5.91 Å². The molecule has 0 bridgehead atoms. The van der Waals surface area contributed by atoms with Gasteiger partial charge in [0.15, 0.2) is 0 Å². The largest absolute Gasteiger partial charge is 0.444 e. The van der Waals surface area contributed by atoms with E-state index >= 15 is 0 Å². The summed E-state index contributed by atoms with van der Waals surface area (Å²) < 4.78 is 7.16. The van der Waals surface area contributed by atoms with Crippen LogP contribution in [0.25, 0.3) is 0 Å². The van der Waals surface area contributed by atoms with Crippen molar-refractivity contribution in [2.45, 2.75) is 58.7 Å². The van der Waals surface area contributed by atoms with Crippen LogP contribution in [0.2, 0.25) is 0 Å². The van der Waals surface area contributed by atoms with Crippen LogP contribution in [-0.4, -0.2) is 56.3 Å². The summed E-state index contributed by atoms with van der Waals surface area (Å²) in [4.78, 5) is 28.7. The van der Waals surface area contributed by atoms with Crippen molar-refractivity contribution in [2.75, 3.05) is 13.1 Å². The number of likely N-dealkylation sites (tertiary alicyclic amines) is 2. The summed E-state index contributed by atoms with van der Waals surface area (Å²) in [7, 11) is 1.87. The summed E-state index contributed by atoms with van der Waals surface area (Å²) in [5.74, 6) is 0.00490. The molecule has 0 saturated carbocycles. The summed E-state index contributed by atoms with van der Waals surface area (Å²) in [5, 5.41) is 4.24. The van der Waals surface area contributed by atoms with Gasteiger partial charge >= 0.3 is 6.09 Å². The summed E-state index contributed by atoms with van der Waals surface area (Å²) in [6.07, 6.45) is 4.06. The zero-order chi connectivity index (χ0) is 18.6. The summed E-state index contributed by atoms with van der Waals surface area (Å²) in [5.41, 5.74) is 0.478. The molecular weight excluding hydrogens is 320 g/mol. The third-order valence-electron chi connectivity index (χ3n) is 4.89. The Balaban J connectivity index is 1.71. The molecule has 0 spiro atoms. The van der Waals surface area contributed by atoms with Crippen LogP contribution in [0.15, 0.2) is 12.4 Å². The first-order chi connectivity index (χ1) is 11.5. The molecule has 3 heterocycles. The monoisotopic (exact) mass is 348 g/mol. The van der Waals surface area contributed by atoms with Gasteiger partial charge in [0.25, 0.3) is 0 Å². The molecule has 2 aliphatic rings. The zero-order valence-electron chi connectivity index (χ0n) is 15.9. The van der Waals surface area contributed by atoms with Crippen LogP contribution in [0.4, 0.5) is 4.79 Å². The first kappa shape index (κ1) is 17.8. The van der Waals surface area contributed by atoms with Crippen molar-refractivity contribution in [3.05, 3.63) is 18.0 Å². The smallest absolute Gasteiger partial charge is 0.410 e. The van der Waals surface area contributed by atoms with E-state index in [1.165, 1.54) is 0 Å². The molecule has 3 rings (SSSR count). The highest BCUT2D eigenvalue weighted by Gasteiger charge is 2.53. The molecule has 2 amide bonds. The number of carbonyl (C=O) groups is 2. The Morgan fingerprint density at radius 3 is 2.40 bits per heavy atom. The molecule has 0 aromatic carbocycles. The van der Waals surface area contributed by atoms with Crippen molar-refractivity contribution in [2.24, 2.45) is 12.5 Å². The molecule has 2 atom stereocenters. The number of aromatic nitrogens is 2. The van der Waals surface area contributed by atoms with Gasteiger partial charge in [-0.2, -0.15) is 5.10 Å². The molecule has 1 aromatic heterocycles. The second-order valence-corrected chi connectivity index (χ2v) is 8.78. The zero-order valence-corrected chi connectivity index (χ0v) is 15.9. The molecule has 0 unspecified atom stereocenters. The van der Waals surface area contributed by atoms with E-state index in [-0.39, 0.29) is 17.4 Å². The maximum atomic E-state index is 13.0. The van der Waals surface area contributed by atoms with Gasteiger partial charge in [-0.05, 0) is 27.2 Å². The fraction of sp³-hybridized carbons (Fsp3) is 0.722. The molecule has 2 saturated heterocycles. The molecule has 2 aliphatic heterocycles. The third kappa shape index (κ3) is 3.24. The Kier molecular flexibility index (Phi) is 4.08. The molecule has 1 aromatic rings. The highest BCUT2D eigenvalue weighted by atomic mass is 16.6. The van der Waals surface area contributed by atoms with Gasteiger partial charge in [-0.3, -0.25) is 14.4 Å². The Bertz CT molecular complexity index is 689. The summed E-state index contributed by atoms with van der Waals surface area (Å²) in [6.45, 7) is 11.1. The van der Waals surface area contributed by atoms with Gasteiger partial charge in [-0.15, -0.1) is 0 Å². The molecule has 2 fully saturated rings. The van der Waals surface area contributed by atoms with E-state index in [2.05, 4.69) is 18.9 Å². The SMILES string of the molecule is Cn1cc([C@H]2N(C(=O)[C@H]3CCN3C(=O)OC(C)(C)C)CC2(C)C)cn1. The van der Waals surface area contributed by atoms with Crippen molar-refractivity contribution in [3.63, 3.8) is 0 Å². The average Bonchev–Trinajstić information content (AvgIpc) is 2.78. The highest BCUT2D eigenvalue weighted by molar-refractivity contribution is 5.88. The van der Waals surface area contributed by atoms with E-state index < -0.39 is 17.7 Å². The molecule has 0 aliphatic carbocycles. The Morgan fingerprint density at radius 1 is 1.28 bits per heavy atom. The number of ether oxygens (including phenoxy) is 1. The molecule has 0 N–H and O–H groups in total. The number of carbonyl (C=O) groups excluding carboxylic acids is 2. The van der Waals surface area contributed by atoms with Crippen LogP contribution in [0.3, 0.4) is 0 Å². The molecule has 138 valence electrons. The van der Waals surface area contributed by atoms with Crippen LogP contribution in [0.1, 0.15) is 52.6 Å². The lowest BCUT2D eigenvalue weighted by molar-refractivity contribution is -0.162. The number of rotatable bonds is 2. The minimum Gasteiger partial charge on any atom is -0.444 e. The highest BCUT2D eigenvalue weighted by Crippen LogP contribution is 2.49. The topological polar surface area (TPSA) is 67.7 Å². The molecule has 7 nitrogen and oxygen atoms in total. The van der Waals surface area contributed by atoms with Crippen molar-refractivity contribution in [1.82, 2.24) is 19.6 Å². The van der Waals surface area contributed by atoms with Crippen LogP contribution in [0, 0.1) is 5.41 Å². The number of nitrogens with zero attached hydrogens (tertiary/aromatic N) is 4. The van der Waals surface area contributed by atoms with E-state index in [1.54, 1.807) is 9.58 Å². The van der Waals surface area contributed by atoms with Gasteiger partial charge < -0.3 is 9.64 Å².